The fraction of sp³-hybridized carbons (Fsp3) is 0.0328. The largest absolute Gasteiger partial charge is 0.118 e. The van der Waals surface area contributed by atoms with E-state index in [9.17, 15) is 0 Å². The van der Waals surface area contributed by atoms with Crippen LogP contribution in [0.15, 0.2) is 0 Å². The summed E-state index contributed by atoms with van der Waals surface area (Å²) in [6.45, 7) is 0. The van der Waals surface area contributed by atoms with Crippen LogP contribution >= 0.6 is 23.2 Å². The van der Waals surface area contributed by atoms with Gasteiger partial charge in [0.1, 0.15) is 4.84 Å². The van der Waals surface area contributed by atoms with Crippen LogP contribution in [0.4, 0.5) is 0 Å². The molecule has 0 amide bonds. The van der Waals surface area contributed by atoms with E-state index in [0.29, 0.717) is 0 Å². The van der Waals surface area contributed by atoms with Gasteiger partial charge in [-0.25, -0.2) is 0 Å². The van der Waals surface area contributed by atoms with Crippen LogP contribution in [0.2, 0.25) is 0 Å². The average Bonchev–Trinajstić information content (AvgIpc) is 4.12. The maximum atomic E-state index is 8.17. The van der Waals surface area contributed by atoms with Crippen molar-refractivity contribution < 1.29 is 0 Å². The zero-order valence-electron chi connectivity index (χ0n) is 31.3. The molecule has 0 radical (unpaired) electrons. The van der Waals surface area contributed by atoms with E-state index in [0.717, 1.165) is 0 Å². The van der Waals surface area contributed by atoms with Gasteiger partial charge >= 0.3 is 0 Å². The van der Waals surface area contributed by atoms with Crippen molar-refractivity contribution in [2.45, 2.75) is 10.3 Å². The van der Waals surface area contributed by atoms with E-state index < -0.39 is 10.3 Å². The van der Waals surface area contributed by atoms with E-state index in [2.05, 4.69) is 0 Å². The first-order valence-corrected chi connectivity index (χ1v) is 24.1. The Hall–Kier alpha value is -7.09. The summed E-state index contributed by atoms with van der Waals surface area (Å²) in [4.78, 5) is -0.636. The number of rotatable bonds is 1. The SMILES string of the molecule is ClC(Cl)C12c3c4c5c6c1c1c7c8c6c6c5c5c9c4c4c3c3c%10c%11c4c4c9c9c5c5c6c6c8c8c7c7c%12c%13c8c8c6c5c5c9c6c4c%11c4c9c6c5c8c%13c9c5c4c%10c4c(c5%12)c7c1[c-]2c34. The average molecular weight is 805 g/mol. The summed E-state index contributed by atoms with van der Waals surface area (Å²) in [5.74, 6) is 0. The van der Waals surface area contributed by atoms with Gasteiger partial charge in [0.15, 0.2) is 0 Å². The highest BCUT2D eigenvalue weighted by Gasteiger charge is 2.58. The van der Waals surface area contributed by atoms with Gasteiger partial charge in [-0.15, -0.1) is 34.0 Å². The van der Waals surface area contributed by atoms with E-state index in [1.807, 2.05) is 0 Å². The highest BCUT2D eigenvalue weighted by molar-refractivity contribution is 6.83. The molecule has 0 unspecified atom stereocenters. The Balaban J connectivity index is 1.32. The van der Waals surface area contributed by atoms with E-state index in [4.69, 9.17) is 23.2 Å². The van der Waals surface area contributed by atoms with Crippen LogP contribution in [0.25, 0.3) is 302 Å². The predicted octanol–water partition coefficient (Wildman–Crippen LogP) is 18.2. The lowest BCUT2D eigenvalue weighted by Crippen LogP contribution is -2.36. The van der Waals surface area contributed by atoms with E-state index in [1.54, 1.807) is 269 Å². The first-order valence-electron chi connectivity index (χ1n) is 23.2. The number of hydrogen-bond donors (Lipinski definition) is 0. The van der Waals surface area contributed by atoms with Crippen molar-refractivity contribution in [2.24, 2.45) is 0 Å². The second-order valence-electron chi connectivity index (χ2n) is 23.2. The first kappa shape index (κ1) is 22.8. The normalized spacial score (nSPS) is 20.4. The predicted molar refractivity (Wildman–Crippen MR) is 272 cm³/mol. The fourth-order valence-corrected chi connectivity index (χ4v) is 23.9. The molecule has 29 aromatic carbocycles. The molecule has 32 rings (SSSR count). The zero-order valence-corrected chi connectivity index (χ0v) is 32.8. The first-order chi connectivity index (χ1) is 31.3. The third-order valence-corrected chi connectivity index (χ3v) is 23.9. The molecule has 0 fully saturated rings. The fourth-order valence-electron chi connectivity index (χ4n) is 23.3. The van der Waals surface area contributed by atoms with Crippen LogP contribution in [-0.4, -0.2) is 4.84 Å². The highest BCUT2D eigenvalue weighted by Crippen LogP contribution is 2.82. The van der Waals surface area contributed by atoms with Crippen molar-refractivity contribution in [3.63, 3.8) is 0 Å². The molecule has 0 atom stereocenters. The minimum absolute atomic E-state index is 0.636. The van der Waals surface area contributed by atoms with Gasteiger partial charge in [0, 0.05) is 5.41 Å². The van der Waals surface area contributed by atoms with Gasteiger partial charge in [-0.2, -0.15) is 0 Å². The highest BCUT2D eigenvalue weighted by atomic mass is 35.5. The van der Waals surface area contributed by atoms with Gasteiger partial charge in [-0.05, 0) is 269 Å². The molecule has 0 aromatic heterocycles. The second-order valence-corrected chi connectivity index (χ2v) is 24.3. The van der Waals surface area contributed by atoms with E-state index >= 15 is 0 Å². The Morgan fingerprint density at radius 2 is 0.333 bits per heavy atom. The van der Waals surface area contributed by atoms with Gasteiger partial charge in [0.25, 0.3) is 0 Å². The van der Waals surface area contributed by atoms with Gasteiger partial charge < -0.3 is 0 Å². The number of hydrogen-bond acceptors (Lipinski definition) is 0. The minimum Gasteiger partial charge on any atom is -0.104 e. The van der Waals surface area contributed by atoms with Crippen LogP contribution in [0.5, 0.6) is 0 Å². The van der Waals surface area contributed by atoms with Gasteiger partial charge in [0.2, 0.25) is 0 Å². The molecule has 29 aromatic rings. The topological polar surface area (TPSA) is 0 Å². The Morgan fingerprint density at radius 1 is 0.190 bits per heavy atom. The molecular weight excluding hydrogens is 804 g/mol. The lowest BCUT2D eigenvalue weighted by Gasteiger charge is -2.43. The Bertz CT molecular complexity index is 6480. The van der Waals surface area contributed by atoms with E-state index in [-0.39, 0.29) is 0 Å². The Morgan fingerprint density at radius 3 is 0.603 bits per heavy atom. The summed E-state index contributed by atoms with van der Waals surface area (Å²) in [5, 5.41) is 89.6. The molecule has 0 spiro atoms. The monoisotopic (exact) mass is 803 g/mol. The van der Waals surface area contributed by atoms with Crippen molar-refractivity contribution >= 4 is 325 Å². The molecule has 2 heteroatoms. The van der Waals surface area contributed by atoms with Crippen molar-refractivity contribution in [3.8, 4) is 0 Å². The quantitative estimate of drug-likeness (QED) is 0.0881. The molecule has 0 saturated carbocycles. The van der Waals surface area contributed by atoms with E-state index in [1.165, 1.54) is 49.0 Å². The molecule has 63 heavy (non-hydrogen) atoms. The summed E-state index contributed by atoms with van der Waals surface area (Å²) >= 11 is 16.3. The van der Waals surface area contributed by atoms with Gasteiger partial charge in [-0.3, -0.25) is 0 Å². The number of alkyl halides is 2. The molecule has 0 bridgehead atoms. The zero-order chi connectivity index (χ0) is 37.1. The van der Waals surface area contributed by atoms with Crippen LogP contribution in [0.3, 0.4) is 0 Å². The standard InChI is InChI=1S/C61HCl2/c62-60(63)61-57-53-47-33-25-17-5-2-1-3-6(5)18-20-16-10(3)12-8-4(1)7-11-9(2)15-19(17)31(33)39-37-23(15)21(11)29-27-13(7)14(8)28-30-22(12)24(16)38-40-32(20)34(26(18)25)48(47)54(57)50(40)52-44(38)42(30)46-36(28)35(27)45-41(29)43(37)51(49(39)53)58(61)55(45)56(46)59(52)61/h60H/q-1. The van der Waals surface area contributed by atoms with Crippen LogP contribution in [0.1, 0.15) is 16.7 Å². The molecule has 3 aliphatic carbocycles. The maximum Gasteiger partial charge on any atom is 0.118 e. The molecule has 0 nitrogen and oxygen atoms in total. The lowest BCUT2D eigenvalue weighted by molar-refractivity contribution is 0.714. The number of benzene rings is 18. The molecule has 0 aliphatic heterocycles. The summed E-state index contributed by atoms with van der Waals surface area (Å²) in [6, 6.07) is 0. The smallest absolute Gasteiger partial charge is 0.104 e. The van der Waals surface area contributed by atoms with Crippen molar-refractivity contribution in [1.82, 2.24) is 0 Å². The molecule has 0 N–H and O–H groups in total. The van der Waals surface area contributed by atoms with Crippen molar-refractivity contribution in [2.75, 3.05) is 0 Å². The second kappa shape index (κ2) is 4.99. The Labute approximate surface area is 349 Å². The lowest BCUT2D eigenvalue weighted by atomic mass is 9.65. The summed E-state index contributed by atoms with van der Waals surface area (Å²) in [7, 11) is 0. The summed E-state index contributed by atoms with van der Waals surface area (Å²) in [5.41, 5.74) is 3.86. The molecule has 3 aliphatic rings. The molecule has 0 heterocycles. The van der Waals surface area contributed by atoms with Gasteiger partial charge in [-0.1, -0.05) is 38.1 Å². The summed E-state index contributed by atoms with van der Waals surface area (Å²) in [6.07, 6.45) is 0. The number of halogens is 2. The Kier molecular flexibility index (Phi) is 1.81. The van der Waals surface area contributed by atoms with Crippen molar-refractivity contribution in [1.29, 1.82) is 0 Å². The summed E-state index contributed by atoms with van der Waals surface area (Å²) < 4.78 is 0. The van der Waals surface area contributed by atoms with Gasteiger partial charge in [0.05, 0.1) is 0 Å². The molecule has 260 valence electrons. The van der Waals surface area contributed by atoms with Crippen molar-refractivity contribution in [3.05, 3.63) is 16.7 Å². The van der Waals surface area contributed by atoms with Crippen LogP contribution in [0, 0.1) is 0 Å². The molecular formula is C61HCl2-. The third kappa shape index (κ3) is 1.15. The minimum atomic E-state index is -0.644. The third-order valence-electron chi connectivity index (χ3n) is 23.3. The molecule has 0 saturated heterocycles. The van der Waals surface area contributed by atoms with Crippen LogP contribution < -0.4 is 0 Å². The maximum absolute atomic E-state index is 8.17. The van der Waals surface area contributed by atoms with Crippen LogP contribution in [-0.2, 0) is 5.41 Å².